The Hall–Kier alpha value is -0.410. The van der Waals surface area contributed by atoms with Crippen LogP contribution in [-0.4, -0.2) is 11.7 Å². The van der Waals surface area contributed by atoms with Crippen LogP contribution >= 0.6 is 11.3 Å². The van der Waals surface area contributed by atoms with E-state index in [-0.39, 0.29) is 6.04 Å². The fraction of sp³-hybridized carbons (Fsp3) is 0.636. The van der Waals surface area contributed by atoms with Crippen LogP contribution in [0, 0.1) is 0 Å². The number of nitrogens with two attached hydrogens (primary N) is 1. The molecule has 0 unspecified atom stereocenters. The molecule has 78 valence electrons. The predicted octanol–water partition coefficient (Wildman–Crippen LogP) is 2.68. The van der Waals surface area contributed by atoms with Crippen LogP contribution in [0.2, 0.25) is 0 Å². The van der Waals surface area contributed by atoms with E-state index < -0.39 is 5.67 Å². The van der Waals surface area contributed by atoms with Gasteiger partial charge >= 0.3 is 0 Å². The molecule has 1 fully saturated rings. The molecule has 0 amide bonds. The largest absolute Gasteiger partial charge is 0.327 e. The first-order chi connectivity index (χ1) is 6.61. The molecular formula is C11H16FNS. The highest BCUT2D eigenvalue weighted by Gasteiger charge is 2.43. The molecule has 0 saturated heterocycles. The van der Waals surface area contributed by atoms with Crippen LogP contribution in [0.15, 0.2) is 12.1 Å². The lowest BCUT2D eigenvalue weighted by molar-refractivity contribution is 0.0452. The molecule has 2 N–H and O–H groups in total. The highest BCUT2D eigenvalue weighted by atomic mass is 32.1. The minimum Gasteiger partial charge on any atom is -0.327 e. The molecule has 1 heterocycles. The molecule has 0 spiro atoms. The summed E-state index contributed by atoms with van der Waals surface area (Å²) in [5, 5.41) is 0. The van der Waals surface area contributed by atoms with E-state index in [4.69, 9.17) is 5.73 Å². The molecular weight excluding hydrogens is 197 g/mol. The number of aryl methyl sites for hydroxylation is 1. The number of rotatable bonds is 3. The van der Waals surface area contributed by atoms with Crippen LogP contribution in [-0.2, 0) is 12.8 Å². The maximum Gasteiger partial charge on any atom is 0.118 e. The molecule has 3 heteroatoms. The zero-order chi connectivity index (χ0) is 10.2. The summed E-state index contributed by atoms with van der Waals surface area (Å²) in [6.07, 6.45) is 2.67. The maximum atomic E-state index is 13.9. The summed E-state index contributed by atoms with van der Waals surface area (Å²) in [5.41, 5.74) is 4.60. The van der Waals surface area contributed by atoms with Crippen LogP contribution in [0.4, 0.5) is 4.39 Å². The summed E-state index contributed by atoms with van der Waals surface area (Å²) in [5.74, 6) is 0. The number of hydrogen-bond acceptors (Lipinski definition) is 2. The molecule has 1 aromatic rings. The number of halogens is 1. The van der Waals surface area contributed by atoms with Crippen LogP contribution < -0.4 is 5.73 Å². The third-order valence-electron chi connectivity index (χ3n) is 2.81. The Morgan fingerprint density at radius 1 is 1.50 bits per heavy atom. The van der Waals surface area contributed by atoms with Crippen LogP contribution in [0.1, 0.15) is 29.5 Å². The summed E-state index contributed by atoms with van der Waals surface area (Å²) >= 11 is 1.73. The molecule has 0 aliphatic heterocycles. The molecule has 1 aromatic heterocycles. The van der Waals surface area contributed by atoms with Crippen molar-refractivity contribution in [3.05, 3.63) is 21.9 Å². The van der Waals surface area contributed by atoms with E-state index in [0.29, 0.717) is 19.3 Å². The zero-order valence-electron chi connectivity index (χ0n) is 8.42. The van der Waals surface area contributed by atoms with Crippen molar-refractivity contribution in [2.45, 2.75) is 44.3 Å². The second kappa shape index (κ2) is 3.63. The lowest BCUT2D eigenvalue weighted by Gasteiger charge is -2.39. The standard InChI is InChI=1S/C11H16FNS/c1-2-9-3-4-10(14-9)7-11(12)5-8(13)6-11/h3-4,8H,2,5-7,13H2,1H3. The summed E-state index contributed by atoms with van der Waals surface area (Å²) in [6.45, 7) is 2.13. The normalized spacial score (nSPS) is 31.5. The molecule has 0 bridgehead atoms. The average Bonchev–Trinajstić information content (AvgIpc) is 2.49. The van der Waals surface area contributed by atoms with Gasteiger partial charge in [0.25, 0.3) is 0 Å². The van der Waals surface area contributed by atoms with Gasteiger partial charge in [0.1, 0.15) is 5.67 Å². The SMILES string of the molecule is CCc1ccc(CC2(F)CC(N)C2)s1. The van der Waals surface area contributed by atoms with E-state index in [1.807, 2.05) is 0 Å². The highest BCUT2D eigenvalue weighted by Crippen LogP contribution is 2.39. The second-order valence-corrected chi connectivity index (χ2v) is 5.47. The van der Waals surface area contributed by atoms with E-state index in [2.05, 4.69) is 19.1 Å². The summed E-state index contributed by atoms with van der Waals surface area (Å²) in [7, 11) is 0. The first kappa shape index (κ1) is 10.1. The molecule has 0 aromatic carbocycles. The number of thiophene rings is 1. The van der Waals surface area contributed by atoms with E-state index >= 15 is 0 Å². The number of hydrogen-bond donors (Lipinski definition) is 1. The van der Waals surface area contributed by atoms with Crippen molar-refractivity contribution < 1.29 is 4.39 Å². The fourth-order valence-electron chi connectivity index (χ4n) is 2.04. The zero-order valence-corrected chi connectivity index (χ0v) is 9.24. The van der Waals surface area contributed by atoms with Crippen LogP contribution in [0.5, 0.6) is 0 Å². The molecule has 1 aliphatic rings. The van der Waals surface area contributed by atoms with Gasteiger partial charge in [0, 0.05) is 22.2 Å². The lowest BCUT2D eigenvalue weighted by atomic mass is 9.75. The number of alkyl halides is 1. The van der Waals surface area contributed by atoms with Crippen LogP contribution in [0.3, 0.4) is 0 Å². The van der Waals surface area contributed by atoms with E-state index in [0.717, 1.165) is 11.3 Å². The highest BCUT2D eigenvalue weighted by molar-refractivity contribution is 7.12. The average molecular weight is 213 g/mol. The summed E-state index contributed by atoms with van der Waals surface area (Å²) in [6, 6.07) is 4.24. The van der Waals surface area contributed by atoms with Crippen LogP contribution in [0.25, 0.3) is 0 Å². The molecule has 0 atom stereocenters. The minimum atomic E-state index is -1.00. The van der Waals surface area contributed by atoms with E-state index in [1.165, 1.54) is 4.88 Å². The molecule has 14 heavy (non-hydrogen) atoms. The smallest absolute Gasteiger partial charge is 0.118 e. The van der Waals surface area contributed by atoms with Gasteiger partial charge < -0.3 is 5.73 Å². The minimum absolute atomic E-state index is 0.0885. The van der Waals surface area contributed by atoms with Crippen molar-refractivity contribution >= 4 is 11.3 Å². The Bertz CT molecular complexity index is 315. The van der Waals surface area contributed by atoms with Crippen molar-refractivity contribution in [2.24, 2.45) is 5.73 Å². The van der Waals surface area contributed by atoms with Gasteiger partial charge in [0.2, 0.25) is 0 Å². The molecule has 1 nitrogen and oxygen atoms in total. The fourth-order valence-corrected chi connectivity index (χ4v) is 3.13. The predicted molar refractivity (Wildman–Crippen MR) is 58.4 cm³/mol. The van der Waals surface area contributed by atoms with Gasteiger partial charge in [0.05, 0.1) is 0 Å². The van der Waals surface area contributed by atoms with Crippen molar-refractivity contribution in [3.8, 4) is 0 Å². The first-order valence-electron chi connectivity index (χ1n) is 5.13. The molecule has 1 saturated carbocycles. The first-order valence-corrected chi connectivity index (χ1v) is 5.95. The quantitative estimate of drug-likeness (QED) is 0.820. The van der Waals surface area contributed by atoms with Gasteiger partial charge in [-0.1, -0.05) is 6.92 Å². The summed E-state index contributed by atoms with van der Waals surface area (Å²) < 4.78 is 13.9. The van der Waals surface area contributed by atoms with Gasteiger partial charge in [-0.2, -0.15) is 0 Å². The van der Waals surface area contributed by atoms with Crippen molar-refractivity contribution in [3.63, 3.8) is 0 Å². The van der Waals surface area contributed by atoms with E-state index in [1.54, 1.807) is 11.3 Å². The van der Waals surface area contributed by atoms with Gasteiger partial charge in [-0.15, -0.1) is 11.3 Å². The van der Waals surface area contributed by atoms with Gasteiger partial charge in [-0.3, -0.25) is 0 Å². The van der Waals surface area contributed by atoms with E-state index in [9.17, 15) is 4.39 Å². The third kappa shape index (κ3) is 1.98. The van der Waals surface area contributed by atoms with Gasteiger partial charge in [0.15, 0.2) is 0 Å². The monoisotopic (exact) mass is 213 g/mol. The van der Waals surface area contributed by atoms with Gasteiger partial charge in [-0.25, -0.2) is 4.39 Å². The van der Waals surface area contributed by atoms with Gasteiger partial charge in [-0.05, 0) is 31.4 Å². The summed E-state index contributed by atoms with van der Waals surface area (Å²) in [4.78, 5) is 2.50. The topological polar surface area (TPSA) is 26.0 Å². The lowest BCUT2D eigenvalue weighted by Crippen LogP contribution is -2.49. The third-order valence-corrected chi connectivity index (χ3v) is 4.04. The molecule has 1 aliphatic carbocycles. The van der Waals surface area contributed by atoms with Crippen molar-refractivity contribution in [1.29, 1.82) is 0 Å². The Balaban J connectivity index is 1.97. The van der Waals surface area contributed by atoms with Crippen molar-refractivity contribution in [1.82, 2.24) is 0 Å². The Labute approximate surface area is 88.1 Å². The maximum absolute atomic E-state index is 13.9. The second-order valence-electron chi connectivity index (χ2n) is 4.22. The van der Waals surface area contributed by atoms with Crippen molar-refractivity contribution in [2.75, 3.05) is 0 Å². The Kier molecular flexibility index (Phi) is 2.62. The molecule has 2 rings (SSSR count). The Morgan fingerprint density at radius 2 is 2.14 bits per heavy atom. The Morgan fingerprint density at radius 3 is 2.64 bits per heavy atom. The molecule has 0 radical (unpaired) electrons.